The van der Waals surface area contributed by atoms with E-state index in [0.717, 1.165) is 5.56 Å². The molecule has 4 aromatic rings. The predicted octanol–water partition coefficient (Wildman–Crippen LogP) is 5.48. The number of halogens is 4. The maximum atomic E-state index is 14.1. The molecular weight excluding hydrogens is 464 g/mol. The third kappa shape index (κ3) is 4.34. The summed E-state index contributed by atoms with van der Waals surface area (Å²) in [6.07, 6.45) is -1.71. The van der Waals surface area contributed by atoms with E-state index in [-0.39, 0.29) is 6.42 Å². The Kier molecular flexibility index (Phi) is 5.50. The van der Waals surface area contributed by atoms with Gasteiger partial charge in [-0.15, -0.1) is 0 Å². The van der Waals surface area contributed by atoms with E-state index in [1.807, 2.05) is 0 Å². The first-order valence-electron chi connectivity index (χ1n) is 10.7. The monoisotopic (exact) mass is 482 g/mol. The summed E-state index contributed by atoms with van der Waals surface area (Å²) in [5.74, 6) is -2.91. The number of pyridine rings is 1. The molecule has 0 radical (unpaired) electrons. The minimum absolute atomic E-state index is 0.0340. The fraction of sp³-hybridized carbons (Fsp3) is 0.160. The molecule has 0 spiro atoms. The van der Waals surface area contributed by atoms with E-state index in [9.17, 15) is 27.2 Å². The molecule has 0 saturated heterocycles. The minimum Gasteiger partial charge on any atom is -0.375 e. The molecule has 3 N–H and O–H groups in total. The summed E-state index contributed by atoms with van der Waals surface area (Å²) < 4.78 is 52.6. The average Bonchev–Trinajstić information content (AvgIpc) is 3.26. The van der Waals surface area contributed by atoms with Crippen LogP contribution in [-0.2, 0) is 11.2 Å². The number of fused-ring (bicyclic) bond motifs is 2. The summed E-state index contributed by atoms with van der Waals surface area (Å²) in [5.41, 5.74) is 3.30. The Labute approximate surface area is 196 Å². The Morgan fingerprint density at radius 2 is 1.91 bits per heavy atom. The van der Waals surface area contributed by atoms with E-state index in [1.165, 1.54) is 18.5 Å². The number of H-pyrrole nitrogens is 1. The standard InChI is InChI=1S/C25H18F4N4O2/c26-23-16(2-1-9-30-23)14-5-7-19-17(10-14)18(12-31-19)24(35)32-15-6-3-13-4-8-20(33-21(13)11-15)22(34)25(27,28)29/h1-3,5-7,9-12,20,31,33H,4,8H2,(H,32,35). The van der Waals surface area contributed by atoms with Gasteiger partial charge in [-0.3, -0.25) is 9.59 Å². The lowest BCUT2D eigenvalue weighted by molar-refractivity contribution is -0.172. The number of Topliss-reactive ketones (excluding diaryl/α,β-unsaturated/α-hetero) is 1. The summed E-state index contributed by atoms with van der Waals surface area (Å²) in [5, 5.41) is 5.95. The molecule has 0 saturated carbocycles. The van der Waals surface area contributed by atoms with Crippen LogP contribution in [0.4, 0.5) is 28.9 Å². The summed E-state index contributed by atoms with van der Waals surface area (Å²) in [6.45, 7) is 0. The highest BCUT2D eigenvalue weighted by Crippen LogP contribution is 2.32. The molecule has 10 heteroatoms. The van der Waals surface area contributed by atoms with Crippen molar-refractivity contribution in [1.29, 1.82) is 0 Å². The molecule has 6 nitrogen and oxygen atoms in total. The van der Waals surface area contributed by atoms with Gasteiger partial charge < -0.3 is 15.6 Å². The Bertz CT molecular complexity index is 1460. The van der Waals surface area contributed by atoms with Gasteiger partial charge in [0.15, 0.2) is 0 Å². The molecule has 5 rings (SSSR count). The smallest absolute Gasteiger partial charge is 0.375 e. The second-order valence-electron chi connectivity index (χ2n) is 8.23. The van der Waals surface area contributed by atoms with Crippen LogP contribution in [0, 0.1) is 5.95 Å². The number of ketones is 1. The van der Waals surface area contributed by atoms with E-state index in [4.69, 9.17) is 0 Å². The van der Waals surface area contributed by atoms with Crippen LogP contribution < -0.4 is 10.6 Å². The summed E-state index contributed by atoms with van der Waals surface area (Å²) in [4.78, 5) is 31.3. The first-order chi connectivity index (χ1) is 16.7. The lowest BCUT2D eigenvalue weighted by Crippen LogP contribution is -2.41. The van der Waals surface area contributed by atoms with Gasteiger partial charge in [-0.25, -0.2) is 4.98 Å². The van der Waals surface area contributed by atoms with Crippen molar-refractivity contribution in [2.24, 2.45) is 0 Å². The van der Waals surface area contributed by atoms with Gasteiger partial charge in [0.1, 0.15) is 0 Å². The first-order valence-corrected chi connectivity index (χ1v) is 10.7. The van der Waals surface area contributed by atoms with Crippen molar-refractivity contribution >= 4 is 34.0 Å². The van der Waals surface area contributed by atoms with Crippen molar-refractivity contribution in [2.75, 3.05) is 10.6 Å². The number of benzene rings is 2. The largest absolute Gasteiger partial charge is 0.452 e. The highest BCUT2D eigenvalue weighted by molar-refractivity contribution is 6.13. The molecule has 35 heavy (non-hydrogen) atoms. The van der Waals surface area contributed by atoms with Crippen molar-refractivity contribution < 1.29 is 27.2 Å². The Balaban J connectivity index is 1.40. The van der Waals surface area contributed by atoms with Gasteiger partial charge in [0.25, 0.3) is 11.7 Å². The van der Waals surface area contributed by atoms with E-state index in [2.05, 4.69) is 20.6 Å². The third-order valence-corrected chi connectivity index (χ3v) is 5.99. The predicted molar refractivity (Wildman–Crippen MR) is 123 cm³/mol. The molecule has 0 aliphatic carbocycles. The van der Waals surface area contributed by atoms with Crippen LogP contribution in [0.5, 0.6) is 0 Å². The minimum atomic E-state index is -4.92. The number of amides is 1. The SMILES string of the molecule is O=C(Nc1ccc2c(c1)NC(C(=O)C(F)(F)F)CC2)c1c[nH]c2ccc(-c3cccnc3F)cc12. The van der Waals surface area contributed by atoms with E-state index < -0.39 is 29.9 Å². The maximum Gasteiger partial charge on any atom is 0.452 e. The van der Waals surface area contributed by atoms with Crippen LogP contribution in [0.2, 0.25) is 0 Å². The van der Waals surface area contributed by atoms with E-state index in [1.54, 1.807) is 42.5 Å². The third-order valence-electron chi connectivity index (χ3n) is 5.99. The summed E-state index contributed by atoms with van der Waals surface area (Å²) in [6, 6.07) is 11.8. The van der Waals surface area contributed by atoms with E-state index in [0.29, 0.717) is 45.4 Å². The molecule has 2 aromatic heterocycles. The van der Waals surface area contributed by atoms with Crippen LogP contribution in [0.1, 0.15) is 22.3 Å². The number of aromatic amines is 1. The number of carbonyl (C=O) groups is 2. The molecule has 1 atom stereocenters. The van der Waals surface area contributed by atoms with Crippen molar-refractivity contribution in [3.05, 3.63) is 78.0 Å². The van der Waals surface area contributed by atoms with Crippen molar-refractivity contribution in [3.63, 3.8) is 0 Å². The number of anilines is 2. The number of aromatic nitrogens is 2. The maximum absolute atomic E-state index is 14.1. The van der Waals surface area contributed by atoms with Gasteiger partial charge in [0.05, 0.1) is 11.6 Å². The molecule has 0 fully saturated rings. The second-order valence-corrected chi connectivity index (χ2v) is 8.23. The van der Waals surface area contributed by atoms with Crippen LogP contribution >= 0.6 is 0 Å². The van der Waals surface area contributed by atoms with E-state index >= 15 is 0 Å². The number of nitrogens with zero attached hydrogens (tertiary/aromatic N) is 1. The molecule has 1 amide bonds. The zero-order chi connectivity index (χ0) is 24.7. The van der Waals surface area contributed by atoms with Crippen LogP contribution in [-0.4, -0.2) is 33.9 Å². The molecular formula is C25H18F4N4O2. The van der Waals surface area contributed by atoms with Gasteiger partial charge in [-0.2, -0.15) is 17.6 Å². The van der Waals surface area contributed by atoms with Crippen molar-refractivity contribution in [1.82, 2.24) is 9.97 Å². The van der Waals surface area contributed by atoms with Gasteiger partial charge in [-0.05, 0) is 60.4 Å². The van der Waals surface area contributed by atoms with Gasteiger partial charge in [0, 0.05) is 40.2 Å². The normalized spacial score (nSPS) is 15.4. The van der Waals surface area contributed by atoms with Crippen LogP contribution in [0.15, 0.2) is 60.9 Å². The second kappa shape index (κ2) is 8.53. The molecule has 3 heterocycles. The van der Waals surface area contributed by atoms with Gasteiger partial charge in [0.2, 0.25) is 5.95 Å². The molecule has 1 aliphatic heterocycles. The average molecular weight is 482 g/mol. The quantitative estimate of drug-likeness (QED) is 0.266. The molecule has 0 bridgehead atoms. The van der Waals surface area contributed by atoms with Crippen LogP contribution in [0.3, 0.4) is 0 Å². The highest BCUT2D eigenvalue weighted by atomic mass is 19.4. The molecule has 178 valence electrons. The van der Waals surface area contributed by atoms with Gasteiger partial charge in [-0.1, -0.05) is 12.1 Å². The fourth-order valence-electron chi connectivity index (χ4n) is 4.24. The number of alkyl halides is 3. The number of hydrogen-bond donors (Lipinski definition) is 3. The fourth-order valence-corrected chi connectivity index (χ4v) is 4.24. The lowest BCUT2D eigenvalue weighted by atomic mass is 9.95. The molecule has 1 aliphatic rings. The molecule has 1 unspecified atom stereocenters. The Morgan fingerprint density at radius 3 is 2.69 bits per heavy atom. The molecule has 2 aromatic carbocycles. The number of hydrogen-bond acceptors (Lipinski definition) is 4. The Morgan fingerprint density at radius 1 is 1.09 bits per heavy atom. The zero-order valence-electron chi connectivity index (χ0n) is 18.0. The van der Waals surface area contributed by atoms with Gasteiger partial charge >= 0.3 is 6.18 Å². The number of nitrogens with one attached hydrogen (secondary N) is 3. The summed E-state index contributed by atoms with van der Waals surface area (Å²) >= 11 is 0. The summed E-state index contributed by atoms with van der Waals surface area (Å²) in [7, 11) is 0. The highest BCUT2D eigenvalue weighted by Gasteiger charge is 2.44. The van der Waals surface area contributed by atoms with Crippen molar-refractivity contribution in [3.8, 4) is 11.1 Å². The number of carbonyl (C=O) groups excluding carboxylic acids is 2. The van der Waals surface area contributed by atoms with Crippen LogP contribution in [0.25, 0.3) is 22.0 Å². The first kappa shape index (κ1) is 22.6. The number of aryl methyl sites for hydroxylation is 1. The Hall–Kier alpha value is -4.21. The number of rotatable bonds is 4. The lowest BCUT2D eigenvalue weighted by Gasteiger charge is -2.27. The topological polar surface area (TPSA) is 86.9 Å². The zero-order valence-corrected chi connectivity index (χ0v) is 18.0. The van der Waals surface area contributed by atoms with Crippen molar-refractivity contribution in [2.45, 2.75) is 25.1 Å².